The summed E-state index contributed by atoms with van der Waals surface area (Å²) in [5.74, 6) is 0. The monoisotopic (exact) mass is 699 g/mol. The van der Waals surface area contributed by atoms with Crippen molar-refractivity contribution in [3.8, 4) is 11.1 Å². The van der Waals surface area contributed by atoms with Crippen molar-refractivity contribution in [2.75, 3.05) is 26.2 Å². The molecule has 3 atom stereocenters. The van der Waals surface area contributed by atoms with Crippen molar-refractivity contribution in [2.24, 2.45) is 0 Å². The van der Waals surface area contributed by atoms with E-state index in [4.69, 9.17) is 9.47 Å². The van der Waals surface area contributed by atoms with Crippen molar-refractivity contribution in [3.63, 3.8) is 0 Å². The molecule has 4 rings (SSSR count). The van der Waals surface area contributed by atoms with Crippen LogP contribution in [0.2, 0.25) is 0 Å². The molecule has 1 aliphatic heterocycles. The number of nitrogens with zero attached hydrogens (tertiary/aromatic N) is 1. The quantitative estimate of drug-likeness (QED) is 0.0859. The van der Waals surface area contributed by atoms with E-state index in [1.165, 1.54) is 77.0 Å². The number of rotatable bonds is 23. The summed E-state index contributed by atoms with van der Waals surface area (Å²) in [7, 11) is 0. The van der Waals surface area contributed by atoms with Gasteiger partial charge in [0.05, 0.1) is 18.8 Å². The van der Waals surface area contributed by atoms with Gasteiger partial charge >= 0.3 is 6.03 Å². The Morgan fingerprint density at radius 2 is 1.33 bits per heavy atom. The summed E-state index contributed by atoms with van der Waals surface area (Å²) in [6.45, 7) is 10.7. The van der Waals surface area contributed by atoms with Crippen LogP contribution in [0.25, 0.3) is 11.1 Å². The van der Waals surface area contributed by atoms with E-state index in [1.807, 2.05) is 31.2 Å². The van der Waals surface area contributed by atoms with E-state index in [-0.39, 0.29) is 24.8 Å². The summed E-state index contributed by atoms with van der Waals surface area (Å²) >= 11 is 0. The van der Waals surface area contributed by atoms with Crippen LogP contribution in [0.15, 0.2) is 72.8 Å². The zero-order valence-corrected chi connectivity index (χ0v) is 31.7. The van der Waals surface area contributed by atoms with E-state index in [1.54, 1.807) is 0 Å². The maximum absolute atomic E-state index is 11.9. The first-order chi connectivity index (χ1) is 25.0. The standard InChI is InChI=1S/C44H65N3O4/c1-4-7-9-11-13-15-28-47(29-16-14-12-10-8-5-2)33-41-31-42(38-22-20-35(34-48)21-23-38)51-43(50-41)39-26-24-37(25-27-39)40-19-17-18-36(30-40)32-46-44(49)45-6-3/h17-27,30,41-43,48H,4-16,28-29,31-34H2,1-3H3,(H2,45,46,49)/t41-,42+,43+/m0/s1. The lowest BCUT2D eigenvalue weighted by atomic mass is 9.98. The SMILES string of the molecule is CCCCCCCCN(CCCCCCCC)C[C@@H]1C[C@H](c2ccc(CO)cc2)O[C@H](c2ccc(-c3cccc(CNC(=O)NCC)c3)cc2)O1. The normalized spacial score (nSPS) is 17.5. The van der Waals surface area contributed by atoms with E-state index in [9.17, 15) is 9.90 Å². The highest BCUT2D eigenvalue weighted by atomic mass is 16.7. The molecule has 3 aromatic rings. The van der Waals surface area contributed by atoms with Crippen molar-refractivity contribution in [1.82, 2.24) is 15.5 Å². The first kappa shape index (κ1) is 40.5. The number of aliphatic hydroxyl groups is 1. The van der Waals surface area contributed by atoms with E-state index < -0.39 is 6.29 Å². The molecule has 1 fully saturated rings. The number of hydrogen-bond acceptors (Lipinski definition) is 5. The van der Waals surface area contributed by atoms with Gasteiger partial charge in [0.1, 0.15) is 0 Å². The lowest BCUT2D eigenvalue weighted by Gasteiger charge is -2.38. The summed E-state index contributed by atoms with van der Waals surface area (Å²) in [5, 5.41) is 15.3. The van der Waals surface area contributed by atoms with Crippen LogP contribution in [-0.4, -0.2) is 48.3 Å². The minimum Gasteiger partial charge on any atom is -0.392 e. The number of carbonyl (C=O) groups is 1. The van der Waals surface area contributed by atoms with Crippen LogP contribution in [-0.2, 0) is 22.6 Å². The lowest BCUT2D eigenvalue weighted by molar-refractivity contribution is -0.253. The molecule has 1 aliphatic rings. The second-order valence-electron chi connectivity index (χ2n) is 14.2. The van der Waals surface area contributed by atoms with Crippen LogP contribution in [0, 0.1) is 0 Å². The third-order valence-corrected chi connectivity index (χ3v) is 9.97. The molecular weight excluding hydrogens is 635 g/mol. The van der Waals surface area contributed by atoms with Gasteiger partial charge in [-0.3, -0.25) is 0 Å². The Morgan fingerprint density at radius 3 is 1.96 bits per heavy atom. The first-order valence-corrected chi connectivity index (χ1v) is 20.0. The largest absolute Gasteiger partial charge is 0.392 e. The number of amides is 2. The maximum Gasteiger partial charge on any atom is 0.315 e. The second-order valence-corrected chi connectivity index (χ2v) is 14.2. The highest BCUT2D eigenvalue weighted by Gasteiger charge is 2.33. The van der Waals surface area contributed by atoms with E-state index in [2.05, 4.69) is 77.9 Å². The van der Waals surface area contributed by atoms with Gasteiger partial charge in [-0.1, -0.05) is 145 Å². The Kier molecular flexibility index (Phi) is 18.6. The number of ether oxygens (including phenoxy) is 2. The molecular formula is C44H65N3O4. The minimum absolute atomic E-state index is 0.0337. The molecule has 7 heteroatoms. The number of urea groups is 1. The van der Waals surface area contributed by atoms with Crippen molar-refractivity contribution in [1.29, 1.82) is 0 Å². The van der Waals surface area contributed by atoms with Crippen molar-refractivity contribution in [3.05, 3.63) is 95.1 Å². The summed E-state index contributed by atoms with van der Waals surface area (Å²) < 4.78 is 13.5. The second kappa shape index (κ2) is 23.4. The fourth-order valence-electron chi connectivity index (χ4n) is 6.95. The van der Waals surface area contributed by atoms with E-state index in [0.717, 1.165) is 59.4 Å². The number of benzene rings is 3. The Morgan fingerprint density at radius 1 is 0.706 bits per heavy atom. The predicted molar refractivity (Wildman–Crippen MR) is 209 cm³/mol. The number of nitrogens with one attached hydrogen (secondary N) is 2. The molecule has 0 radical (unpaired) electrons. The molecule has 0 aliphatic carbocycles. The first-order valence-electron chi connectivity index (χ1n) is 20.0. The number of carbonyl (C=O) groups excluding carboxylic acids is 1. The molecule has 0 aromatic heterocycles. The van der Waals surface area contributed by atoms with Gasteiger partial charge in [0.2, 0.25) is 0 Å². The third kappa shape index (κ3) is 14.4. The van der Waals surface area contributed by atoms with E-state index >= 15 is 0 Å². The molecule has 2 amide bonds. The molecule has 1 heterocycles. The Hall–Kier alpha value is -3.23. The highest BCUT2D eigenvalue weighted by molar-refractivity contribution is 5.73. The summed E-state index contributed by atoms with van der Waals surface area (Å²) in [4.78, 5) is 14.6. The number of unbranched alkanes of at least 4 members (excludes halogenated alkanes) is 10. The van der Waals surface area contributed by atoms with Crippen LogP contribution >= 0.6 is 0 Å². The van der Waals surface area contributed by atoms with Gasteiger partial charge in [-0.2, -0.15) is 0 Å². The molecule has 3 aromatic carbocycles. The van der Waals surface area contributed by atoms with Crippen LogP contribution in [0.4, 0.5) is 4.79 Å². The predicted octanol–water partition coefficient (Wildman–Crippen LogP) is 10.2. The summed E-state index contributed by atoms with van der Waals surface area (Å²) in [6.07, 6.45) is 15.9. The van der Waals surface area contributed by atoms with Crippen molar-refractivity contribution < 1.29 is 19.4 Å². The fourth-order valence-corrected chi connectivity index (χ4v) is 6.95. The van der Waals surface area contributed by atoms with Gasteiger partial charge in [0.15, 0.2) is 6.29 Å². The highest BCUT2D eigenvalue weighted by Crippen LogP contribution is 2.39. The molecule has 0 unspecified atom stereocenters. The third-order valence-electron chi connectivity index (χ3n) is 9.97. The van der Waals surface area contributed by atoms with Gasteiger partial charge in [0, 0.05) is 31.6 Å². The average molecular weight is 700 g/mol. The maximum atomic E-state index is 11.9. The molecule has 3 N–H and O–H groups in total. The van der Waals surface area contributed by atoms with Crippen molar-refractivity contribution in [2.45, 2.75) is 136 Å². The Labute approximate surface area is 308 Å². The van der Waals surface area contributed by atoms with Gasteiger partial charge in [-0.05, 0) is 66.7 Å². The molecule has 0 bridgehead atoms. The average Bonchev–Trinajstić information content (AvgIpc) is 3.16. The van der Waals surface area contributed by atoms with Gasteiger partial charge in [0.25, 0.3) is 0 Å². The summed E-state index contributed by atoms with van der Waals surface area (Å²) in [6, 6.07) is 24.8. The number of aliphatic hydroxyl groups excluding tert-OH is 1. The van der Waals surface area contributed by atoms with Crippen LogP contribution in [0.1, 0.15) is 139 Å². The molecule has 280 valence electrons. The lowest BCUT2D eigenvalue weighted by Crippen LogP contribution is -2.40. The molecule has 1 saturated heterocycles. The smallest absolute Gasteiger partial charge is 0.315 e. The molecule has 7 nitrogen and oxygen atoms in total. The van der Waals surface area contributed by atoms with E-state index in [0.29, 0.717) is 13.1 Å². The Bertz CT molecular complexity index is 1360. The molecule has 0 saturated carbocycles. The zero-order valence-electron chi connectivity index (χ0n) is 31.7. The minimum atomic E-state index is -0.474. The van der Waals surface area contributed by atoms with Crippen LogP contribution < -0.4 is 10.6 Å². The molecule has 51 heavy (non-hydrogen) atoms. The molecule has 0 spiro atoms. The van der Waals surface area contributed by atoms with Gasteiger partial charge in [-0.25, -0.2) is 4.79 Å². The topological polar surface area (TPSA) is 83.1 Å². The van der Waals surface area contributed by atoms with Crippen molar-refractivity contribution >= 4 is 6.03 Å². The Balaban J connectivity index is 1.47. The zero-order chi connectivity index (χ0) is 36.1. The van der Waals surface area contributed by atoms with Crippen LogP contribution in [0.3, 0.4) is 0 Å². The summed E-state index contributed by atoms with van der Waals surface area (Å²) in [5.41, 5.74) is 6.29. The fraction of sp³-hybridized carbons (Fsp3) is 0.568. The van der Waals surface area contributed by atoms with Crippen LogP contribution in [0.5, 0.6) is 0 Å². The van der Waals surface area contributed by atoms with Gasteiger partial charge in [-0.15, -0.1) is 0 Å². The number of hydrogen-bond donors (Lipinski definition) is 3. The van der Waals surface area contributed by atoms with Gasteiger partial charge < -0.3 is 30.1 Å².